The highest BCUT2D eigenvalue weighted by Crippen LogP contribution is 2.28. The highest BCUT2D eigenvalue weighted by Gasteiger charge is 2.24. The molecule has 0 amide bonds. The van der Waals surface area contributed by atoms with Gasteiger partial charge in [0.2, 0.25) is 5.03 Å². The number of aryl methyl sites for hydroxylation is 2. The van der Waals surface area contributed by atoms with Crippen LogP contribution in [-0.2, 0) is 16.6 Å². The lowest BCUT2D eigenvalue weighted by Gasteiger charge is -2.11. The predicted molar refractivity (Wildman–Crippen MR) is 83.1 cm³/mol. The summed E-state index contributed by atoms with van der Waals surface area (Å²) in [6.07, 6.45) is 0. The highest BCUT2D eigenvalue weighted by atomic mass is 35.5. The molecule has 0 fully saturated rings. The number of para-hydroxylation sites is 1. The number of benzene rings is 1. The van der Waals surface area contributed by atoms with E-state index < -0.39 is 10.0 Å². The molecule has 0 saturated heterocycles. The minimum absolute atomic E-state index is 0.0198. The molecule has 2 aromatic rings. The number of hydrogen-bond acceptors (Lipinski definition) is 4. The Bertz CT molecular complexity index is 735. The summed E-state index contributed by atoms with van der Waals surface area (Å²) >= 11 is 6.06. The maximum Gasteiger partial charge on any atom is 0.281 e. The van der Waals surface area contributed by atoms with E-state index >= 15 is 0 Å². The summed E-state index contributed by atoms with van der Waals surface area (Å²) in [5, 5.41) is 9.86. The van der Waals surface area contributed by atoms with E-state index in [1.54, 1.807) is 39.1 Å². The van der Waals surface area contributed by atoms with Gasteiger partial charge in [-0.15, -0.1) is 0 Å². The largest absolute Gasteiger partial charge is 0.316 e. The Balaban J connectivity index is 2.44. The summed E-state index contributed by atoms with van der Waals surface area (Å²) < 4.78 is 27.6. The van der Waals surface area contributed by atoms with Crippen molar-refractivity contribution in [1.82, 2.24) is 15.5 Å². The smallest absolute Gasteiger partial charge is 0.281 e. The van der Waals surface area contributed by atoms with Crippen molar-refractivity contribution in [3.63, 3.8) is 0 Å². The van der Waals surface area contributed by atoms with Crippen LogP contribution in [0.25, 0.3) is 0 Å². The van der Waals surface area contributed by atoms with Crippen molar-refractivity contribution in [3.05, 3.63) is 40.0 Å². The molecular weight excluding hydrogens is 312 g/mol. The molecule has 0 saturated carbocycles. The van der Waals surface area contributed by atoms with Crippen LogP contribution in [0.15, 0.2) is 23.2 Å². The van der Waals surface area contributed by atoms with Crippen LogP contribution in [-0.4, -0.2) is 25.7 Å². The van der Waals surface area contributed by atoms with Crippen molar-refractivity contribution >= 4 is 27.3 Å². The topological polar surface area (TPSA) is 86.9 Å². The first-order valence-electron chi connectivity index (χ1n) is 6.33. The lowest BCUT2D eigenvalue weighted by molar-refractivity contribution is 0.595. The summed E-state index contributed by atoms with van der Waals surface area (Å²) in [7, 11) is -2.06. The molecule has 1 heterocycles. The van der Waals surface area contributed by atoms with Gasteiger partial charge in [0.1, 0.15) is 0 Å². The van der Waals surface area contributed by atoms with Crippen LogP contribution in [0, 0.1) is 13.8 Å². The molecule has 114 valence electrons. The predicted octanol–water partition coefficient (Wildman–Crippen LogP) is 2.20. The van der Waals surface area contributed by atoms with Gasteiger partial charge in [-0.3, -0.25) is 9.82 Å². The number of nitrogens with zero attached hydrogens (tertiary/aromatic N) is 1. The van der Waals surface area contributed by atoms with Gasteiger partial charge in [0.05, 0.1) is 10.7 Å². The van der Waals surface area contributed by atoms with E-state index in [-0.39, 0.29) is 5.03 Å². The Kier molecular flexibility index (Phi) is 4.55. The fourth-order valence-electron chi connectivity index (χ4n) is 1.98. The van der Waals surface area contributed by atoms with E-state index in [1.165, 1.54) is 0 Å². The lowest BCUT2D eigenvalue weighted by atomic mass is 10.2. The van der Waals surface area contributed by atoms with Gasteiger partial charge in [-0.1, -0.05) is 23.7 Å². The van der Waals surface area contributed by atoms with Crippen LogP contribution in [0.2, 0.25) is 5.02 Å². The molecule has 0 spiro atoms. The average Bonchev–Trinajstić information content (AvgIpc) is 2.77. The monoisotopic (exact) mass is 328 g/mol. The number of nitrogens with one attached hydrogen (secondary N) is 3. The van der Waals surface area contributed by atoms with Gasteiger partial charge in [-0.2, -0.15) is 13.5 Å². The van der Waals surface area contributed by atoms with Crippen molar-refractivity contribution in [1.29, 1.82) is 0 Å². The van der Waals surface area contributed by atoms with Crippen molar-refractivity contribution < 1.29 is 8.42 Å². The number of hydrogen-bond donors (Lipinski definition) is 3. The standard InChI is InChI=1S/C13H17ClN4O2S/c1-8-5-4-6-11(14)12(8)18-21(19,20)13-10(7-15-3)9(2)16-17-13/h4-6,15,18H,7H2,1-3H3,(H,16,17). The number of aromatic nitrogens is 2. The number of H-pyrrole nitrogens is 1. The van der Waals surface area contributed by atoms with E-state index in [0.717, 1.165) is 5.56 Å². The van der Waals surface area contributed by atoms with E-state index in [1.807, 2.05) is 0 Å². The second-order valence-corrected chi connectivity index (χ2v) is 6.70. The summed E-state index contributed by atoms with van der Waals surface area (Å²) in [5.74, 6) is 0. The third kappa shape index (κ3) is 3.20. The Morgan fingerprint density at radius 2 is 2.05 bits per heavy atom. The molecule has 0 aliphatic rings. The molecule has 0 bridgehead atoms. The molecule has 1 aromatic heterocycles. The number of rotatable bonds is 5. The van der Waals surface area contributed by atoms with Crippen molar-refractivity contribution in [2.45, 2.75) is 25.4 Å². The third-order valence-corrected chi connectivity index (χ3v) is 4.74. The first-order chi connectivity index (χ1) is 9.86. The van der Waals surface area contributed by atoms with Crippen molar-refractivity contribution in [2.75, 3.05) is 11.8 Å². The molecule has 21 heavy (non-hydrogen) atoms. The molecule has 6 nitrogen and oxygen atoms in total. The SMILES string of the molecule is CNCc1c(S(=O)(=O)Nc2c(C)cccc2Cl)n[nH]c1C. The molecule has 8 heteroatoms. The third-order valence-electron chi connectivity index (χ3n) is 3.10. The normalized spacial score (nSPS) is 11.6. The fourth-order valence-corrected chi connectivity index (χ4v) is 3.66. The number of halogens is 1. The zero-order valence-corrected chi connectivity index (χ0v) is 13.6. The second-order valence-electron chi connectivity index (χ2n) is 4.70. The van der Waals surface area contributed by atoms with Gasteiger partial charge in [0.25, 0.3) is 10.0 Å². The quantitative estimate of drug-likeness (QED) is 0.785. The first kappa shape index (κ1) is 15.8. The zero-order chi connectivity index (χ0) is 15.6. The van der Waals surface area contributed by atoms with Gasteiger partial charge < -0.3 is 5.32 Å². The van der Waals surface area contributed by atoms with E-state index in [9.17, 15) is 8.42 Å². The lowest BCUT2D eigenvalue weighted by Crippen LogP contribution is -2.18. The molecule has 0 aliphatic carbocycles. The van der Waals surface area contributed by atoms with Gasteiger partial charge in [0.15, 0.2) is 0 Å². The fraction of sp³-hybridized carbons (Fsp3) is 0.308. The Morgan fingerprint density at radius 3 is 2.67 bits per heavy atom. The summed E-state index contributed by atoms with van der Waals surface area (Å²) in [6.45, 7) is 3.97. The summed E-state index contributed by atoms with van der Waals surface area (Å²) in [5.41, 5.74) is 2.43. The molecule has 0 aliphatic heterocycles. The van der Waals surface area contributed by atoms with E-state index in [2.05, 4.69) is 20.2 Å². The minimum Gasteiger partial charge on any atom is -0.316 e. The van der Waals surface area contributed by atoms with E-state index in [0.29, 0.717) is 28.5 Å². The zero-order valence-electron chi connectivity index (χ0n) is 12.0. The Morgan fingerprint density at radius 1 is 1.33 bits per heavy atom. The minimum atomic E-state index is -3.81. The maximum absolute atomic E-state index is 12.5. The van der Waals surface area contributed by atoms with Gasteiger partial charge >= 0.3 is 0 Å². The number of anilines is 1. The average molecular weight is 329 g/mol. The Hall–Kier alpha value is -1.57. The van der Waals surface area contributed by atoms with Crippen LogP contribution in [0.5, 0.6) is 0 Å². The van der Waals surface area contributed by atoms with Crippen LogP contribution in [0.1, 0.15) is 16.8 Å². The summed E-state index contributed by atoms with van der Waals surface area (Å²) in [4.78, 5) is 0. The van der Waals surface area contributed by atoms with Gasteiger partial charge in [-0.25, -0.2) is 0 Å². The molecular formula is C13H17ClN4O2S. The van der Waals surface area contributed by atoms with Crippen LogP contribution < -0.4 is 10.0 Å². The summed E-state index contributed by atoms with van der Waals surface area (Å²) in [6, 6.07) is 5.19. The first-order valence-corrected chi connectivity index (χ1v) is 8.19. The van der Waals surface area contributed by atoms with E-state index in [4.69, 9.17) is 11.6 Å². The highest BCUT2D eigenvalue weighted by molar-refractivity contribution is 7.92. The molecule has 0 radical (unpaired) electrons. The van der Waals surface area contributed by atoms with Gasteiger partial charge in [-0.05, 0) is 32.5 Å². The van der Waals surface area contributed by atoms with Crippen LogP contribution in [0.3, 0.4) is 0 Å². The van der Waals surface area contributed by atoms with Crippen LogP contribution >= 0.6 is 11.6 Å². The number of sulfonamides is 1. The van der Waals surface area contributed by atoms with Crippen molar-refractivity contribution in [2.24, 2.45) is 0 Å². The van der Waals surface area contributed by atoms with Gasteiger partial charge in [0, 0.05) is 17.8 Å². The molecule has 0 atom stereocenters. The molecule has 2 rings (SSSR count). The van der Waals surface area contributed by atoms with Crippen molar-refractivity contribution in [3.8, 4) is 0 Å². The molecule has 3 N–H and O–H groups in total. The maximum atomic E-state index is 12.5. The number of aromatic amines is 1. The molecule has 1 aromatic carbocycles. The molecule has 0 unspecified atom stereocenters. The Labute approximate surface area is 129 Å². The van der Waals surface area contributed by atoms with Crippen LogP contribution in [0.4, 0.5) is 5.69 Å². The second kappa shape index (κ2) is 6.05.